The maximum atomic E-state index is 11.5. The summed E-state index contributed by atoms with van der Waals surface area (Å²) in [5.41, 5.74) is 1.52. The molecular formula is C10H6O3. The Morgan fingerprint density at radius 1 is 1.31 bits per heavy atom. The molecule has 0 amide bonds. The largest absolute Gasteiger partial charge is 0.454 e. The highest BCUT2D eigenvalue weighted by Crippen LogP contribution is 2.37. The molecule has 64 valence electrons. The van der Waals surface area contributed by atoms with Gasteiger partial charge in [-0.15, -0.1) is 0 Å². The number of ether oxygens (including phenoxy) is 2. The van der Waals surface area contributed by atoms with Gasteiger partial charge in [0.2, 0.25) is 6.79 Å². The number of allylic oxidation sites excluding steroid dienone is 6. The predicted molar refractivity (Wildman–Crippen MR) is 44.4 cm³/mol. The van der Waals surface area contributed by atoms with Crippen LogP contribution in [0.3, 0.4) is 0 Å². The van der Waals surface area contributed by atoms with Gasteiger partial charge in [-0.25, -0.2) is 0 Å². The van der Waals surface area contributed by atoms with Crippen molar-refractivity contribution in [3.05, 3.63) is 47.0 Å². The van der Waals surface area contributed by atoms with Gasteiger partial charge in [0, 0.05) is 0 Å². The van der Waals surface area contributed by atoms with E-state index in [9.17, 15) is 4.79 Å². The van der Waals surface area contributed by atoms with Gasteiger partial charge in [-0.2, -0.15) is 0 Å². The van der Waals surface area contributed by atoms with Crippen LogP contribution in [0.5, 0.6) is 0 Å². The van der Waals surface area contributed by atoms with Crippen LogP contribution in [-0.4, -0.2) is 12.6 Å². The maximum Gasteiger partial charge on any atom is 0.231 e. The zero-order chi connectivity index (χ0) is 8.84. The van der Waals surface area contributed by atoms with Crippen LogP contribution in [-0.2, 0) is 14.3 Å². The second-order valence-electron chi connectivity index (χ2n) is 2.96. The molecule has 3 heteroatoms. The minimum Gasteiger partial charge on any atom is -0.454 e. The summed E-state index contributed by atoms with van der Waals surface area (Å²) >= 11 is 0. The second-order valence-corrected chi connectivity index (χ2v) is 2.96. The van der Waals surface area contributed by atoms with Crippen LogP contribution in [0.25, 0.3) is 0 Å². The number of rotatable bonds is 0. The van der Waals surface area contributed by atoms with Crippen molar-refractivity contribution in [1.82, 2.24) is 0 Å². The lowest BCUT2D eigenvalue weighted by molar-refractivity contribution is -0.111. The van der Waals surface area contributed by atoms with Crippen LogP contribution >= 0.6 is 0 Å². The first-order valence-electron chi connectivity index (χ1n) is 4.01. The fourth-order valence-electron chi connectivity index (χ4n) is 1.64. The SMILES string of the molecule is O=C1C=CC=C2C=C3OCOC3=C12. The summed E-state index contributed by atoms with van der Waals surface area (Å²) in [7, 11) is 0. The summed E-state index contributed by atoms with van der Waals surface area (Å²) in [6.07, 6.45) is 6.98. The summed E-state index contributed by atoms with van der Waals surface area (Å²) in [6.45, 7) is 0.217. The molecule has 2 aliphatic carbocycles. The van der Waals surface area contributed by atoms with Gasteiger partial charge in [0.05, 0.1) is 5.57 Å². The van der Waals surface area contributed by atoms with Crippen LogP contribution in [0.15, 0.2) is 47.0 Å². The van der Waals surface area contributed by atoms with Crippen molar-refractivity contribution >= 4 is 5.78 Å². The predicted octanol–water partition coefficient (Wildman–Crippen LogP) is 1.21. The van der Waals surface area contributed by atoms with Gasteiger partial charge in [0.25, 0.3) is 0 Å². The van der Waals surface area contributed by atoms with Crippen molar-refractivity contribution in [2.45, 2.75) is 0 Å². The molecule has 0 bridgehead atoms. The topological polar surface area (TPSA) is 35.5 Å². The molecule has 0 aromatic carbocycles. The summed E-state index contributed by atoms with van der Waals surface area (Å²) < 4.78 is 10.4. The molecule has 0 aromatic rings. The molecule has 13 heavy (non-hydrogen) atoms. The van der Waals surface area contributed by atoms with Crippen molar-refractivity contribution in [3.63, 3.8) is 0 Å². The first kappa shape index (κ1) is 6.71. The minimum atomic E-state index is -0.00995. The molecule has 1 fully saturated rings. The fraction of sp³-hybridized carbons (Fsp3) is 0.100. The molecule has 1 saturated heterocycles. The van der Waals surface area contributed by atoms with Crippen molar-refractivity contribution in [2.75, 3.05) is 6.79 Å². The summed E-state index contributed by atoms with van der Waals surface area (Å²) in [6, 6.07) is 0. The van der Waals surface area contributed by atoms with E-state index in [4.69, 9.17) is 9.47 Å². The number of carbonyl (C=O) groups excluding carboxylic acids is 1. The molecule has 3 nitrogen and oxygen atoms in total. The molecule has 3 rings (SSSR count). The Morgan fingerprint density at radius 3 is 3.15 bits per heavy atom. The number of carbonyl (C=O) groups is 1. The van der Waals surface area contributed by atoms with Gasteiger partial charge >= 0.3 is 0 Å². The molecule has 0 saturated carbocycles. The van der Waals surface area contributed by atoms with Crippen molar-refractivity contribution in [2.24, 2.45) is 0 Å². The van der Waals surface area contributed by atoms with Crippen LogP contribution in [0.1, 0.15) is 0 Å². The Balaban J connectivity index is 2.23. The van der Waals surface area contributed by atoms with E-state index in [-0.39, 0.29) is 12.6 Å². The Kier molecular flexibility index (Phi) is 1.10. The van der Waals surface area contributed by atoms with E-state index in [1.165, 1.54) is 6.08 Å². The highest BCUT2D eigenvalue weighted by molar-refractivity contribution is 6.11. The van der Waals surface area contributed by atoms with E-state index >= 15 is 0 Å². The quantitative estimate of drug-likeness (QED) is 0.553. The number of hydrogen-bond donors (Lipinski definition) is 0. The maximum absolute atomic E-state index is 11.5. The van der Waals surface area contributed by atoms with E-state index in [0.717, 1.165) is 5.57 Å². The van der Waals surface area contributed by atoms with Gasteiger partial charge in [-0.05, 0) is 17.7 Å². The van der Waals surface area contributed by atoms with Gasteiger partial charge in [0.15, 0.2) is 17.3 Å². The summed E-state index contributed by atoms with van der Waals surface area (Å²) in [4.78, 5) is 11.5. The van der Waals surface area contributed by atoms with Gasteiger partial charge in [-0.3, -0.25) is 4.79 Å². The van der Waals surface area contributed by atoms with Gasteiger partial charge in [0.1, 0.15) is 0 Å². The lowest BCUT2D eigenvalue weighted by Gasteiger charge is -2.04. The van der Waals surface area contributed by atoms with E-state index in [1.807, 2.05) is 12.2 Å². The molecule has 0 radical (unpaired) electrons. The van der Waals surface area contributed by atoms with Crippen molar-refractivity contribution < 1.29 is 14.3 Å². The van der Waals surface area contributed by atoms with Gasteiger partial charge in [-0.1, -0.05) is 12.2 Å². The third-order valence-electron chi connectivity index (χ3n) is 2.21. The number of fused-ring (bicyclic) bond motifs is 2. The molecule has 3 aliphatic rings. The van der Waals surface area contributed by atoms with Gasteiger partial charge < -0.3 is 9.47 Å². The molecule has 1 heterocycles. The van der Waals surface area contributed by atoms with E-state index in [0.29, 0.717) is 17.1 Å². The zero-order valence-electron chi connectivity index (χ0n) is 6.74. The summed E-state index contributed by atoms with van der Waals surface area (Å²) in [5.74, 6) is 1.27. The van der Waals surface area contributed by atoms with Crippen LogP contribution < -0.4 is 0 Å². The monoisotopic (exact) mass is 174 g/mol. The molecule has 1 aliphatic heterocycles. The Bertz CT molecular complexity index is 421. The van der Waals surface area contributed by atoms with Crippen LogP contribution in [0.2, 0.25) is 0 Å². The van der Waals surface area contributed by atoms with E-state index in [1.54, 1.807) is 6.08 Å². The summed E-state index contributed by atoms with van der Waals surface area (Å²) in [5, 5.41) is 0. The Hall–Kier alpha value is -1.77. The number of ketones is 1. The molecular weight excluding hydrogens is 168 g/mol. The fourth-order valence-corrected chi connectivity index (χ4v) is 1.64. The average Bonchev–Trinajstić information content (AvgIpc) is 2.62. The first-order chi connectivity index (χ1) is 6.36. The standard InChI is InChI=1S/C10H6O3/c11-7-3-1-2-6-4-8-10(9(6)7)13-5-12-8/h1-4H,5H2. The highest BCUT2D eigenvalue weighted by Gasteiger charge is 2.33. The molecule has 0 spiro atoms. The van der Waals surface area contributed by atoms with E-state index in [2.05, 4.69) is 0 Å². The zero-order valence-corrected chi connectivity index (χ0v) is 6.74. The average molecular weight is 174 g/mol. The van der Waals surface area contributed by atoms with E-state index < -0.39 is 0 Å². The Morgan fingerprint density at radius 2 is 2.23 bits per heavy atom. The van der Waals surface area contributed by atoms with Crippen LogP contribution in [0, 0.1) is 0 Å². The molecule has 0 N–H and O–H groups in total. The van der Waals surface area contributed by atoms with Crippen molar-refractivity contribution in [3.8, 4) is 0 Å². The lowest BCUT2D eigenvalue weighted by atomic mass is 10.00. The molecule has 0 unspecified atom stereocenters. The Labute approximate surface area is 74.6 Å². The second kappa shape index (κ2) is 2.13. The first-order valence-corrected chi connectivity index (χ1v) is 4.01. The highest BCUT2D eigenvalue weighted by atomic mass is 16.7. The normalized spacial score (nSPS) is 23.2. The number of hydrogen-bond acceptors (Lipinski definition) is 3. The third kappa shape index (κ3) is 0.758. The third-order valence-corrected chi connectivity index (χ3v) is 2.21. The van der Waals surface area contributed by atoms with Crippen molar-refractivity contribution in [1.29, 1.82) is 0 Å². The van der Waals surface area contributed by atoms with Crippen LogP contribution in [0.4, 0.5) is 0 Å². The molecule has 0 aromatic heterocycles. The molecule has 0 atom stereocenters. The lowest BCUT2D eigenvalue weighted by Crippen LogP contribution is -2.04. The smallest absolute Gasteiger partial charge is 0.231 e. The minimum absolute atomic E-state index is 0.00995.